The number of fused-ring (bicyclic) bond motifs is 1. The molecule has 4 rings (SSSR count). The lowest BCUT2D eigenvalue weighted by molar-refractivity contribution is -0.122. The predicted molar refractivity (Wildman–Crippen MR) is 119 cm³/mol. The summed E-state index contributed by atoms with van der Waals surface area (Å²) in [6.07, 6.45) is 3.50. The van der Waals surface area contributed by atoms with E-state index in [4.69, 9.17) is 4.74 Å². The largest absolute Gasteiger partial charge is 0.497 e. The van der Waals surface area contributed by atoms with Crippen LogP contribution in [0, 0.1) is 5.82 Å². The van der Waals surface area contributed by atoms with E-state index in [0.717, 1.165) is 27.6 Å². The first kappa shape index (κ1) is 20.6. The molecule has 3 aromatic carbocycles. The number of carbonyl (C=O) groups is 1. The number of amides is 1. The molecule has 6 heteroatoms. The fraction of sp³-hybridized carbons (Fsp3) is 0.200. The maximum Gasteiger partial charge on any atom is 0.228 e. The van der Waals surface area contributed by atoms with Crippen molar-refractivity contribution in [2.45, 2.75) is 18.9 Å². The van der Waals surface area contributed by atoms with Gasteiger partial charge in [0.05, 0.1) is 13.0 Å². The second-order valence-corrected chi connectivity index (χ2v) is 7.58. The van der Waals surface area contributed by atoms with Crippen LogP contribution in [-0.4, -0.2) is 22.6 Å². The lowest BCUT2D eigenvalue weighted by atomic mass is 9.96. The molecule has 1 aromatic heterocycles. The molecule has 0 spiro atoms. The van der Waals surface area contributed by atoms with E-state index in [0.29, 0.717) is 5.82 Å². The third-order valence-corrected chi connectivity index (χ3v) is 5.57. The topological polar surface area (TPSA) is 56.1 Å². The molecule has 0 fully saturated rings. The zero-order chi connectivity index (χ0) is 22.0. The Morgan fingerprint density at radius 3 is 2.39 bits per heavy atom. The van der Waals surface area contributed by atoms with Crippen molar-refractivity contribution in [1.82, 2.24) is 14.9 Å². The van der Waals surface area contributed by atoms with Gasteiger partial charge in [0.2, 0.25) is 5.91 Å². The second-order valence-electron chi connectivity index (χ2n) is 7.58. The summed E-state index contributed by atoms with van der Waals surface area (Å²) in [7, 11) is 3.51. The number of benzene rings is 3. The van der Waals surface area contributed by atoms with Crippen molar-refractivity contribution in [2.75, 3.05) is 7.11 Å². The Bertz CT molecular complexity index is 1220. The summed E-state index contributed by atoms with van der Waals surface area (Å²) in [6, 6.07) is 17.5. The Morgan fingerprint density at radius 1 is 1.03 bits per heavy atom. The number of methoxy groups -OCH3 is 1. The number of ether oxygens (including phenoxy) is 1. The van der Waals surface area contributed by atoms with E-state index in [9.17, 15) is 9.18 Å². The monoisotopic (exact) mass is 417 g/mol. The van der Waals surface area contributed by atoms with Crippen LogP contribution >= 0.6 is 0 Å². The molecular weight excluding hydrogens is 393 g/mol. The van der Waals surface area contributed by atoms with Gasteiger partial charge in [-0.25, -0.2) is 9.37 Å². The van der Waals surface area contributed by atoms with Gasteiger partial charge >= 0.3 is 0 Å². The van der Waals surface area contributed by atoms with E-state index in [1.54, 1.807) is 25.4 Å². The number of nitrogens with one attached hydrogen (secondary N) is 1. The third kappa shape index (κ3) is 4.28. The third-order valence-electron chi connectivity index (χ3n) is 5.57. The van der Waals surface area contributed by atoms with Crippen molar-refractivity contribution in [3.63, 3.8) is 0 Å². The van der Waals surface area contributed by atoms with Crippen LogP contribution in [0.4, 0.5) is 4.39 Å². The summed E-state index contributed by atoms with van der Waals surface area (Å²) in [5.74, 6) is 0.635. The molecule has 158 valence electrons. The maximum absolute atomic E-state index is 13.4. The molecule has 31 heavy (non-hydrogen) atoms. The van der Waals surface area contributed by atoms with Crippen LogP contribution in [0.1, 0.15) is 35.8 Å². The molecular formula is C25H24FN3O2. The zero-order valence-electron chi connectivity index (χ0n) is 17.7. The van der Waals surface area contributed by atoms with Crippen LogP contribution in [0.5, 0.6) is 5.75 Å². The van der Waals surface area contributed by atoms with Crippen molar-refractivity contribution in [2.24, 2.45) is 7.05 Å². The van der Waals surface area contributed by atoms with E-state index in [2.05, 4.69) is 10.3 Å². The Labute approximate surface area is 180 Å². The van der Waals surface area contributed by atoms with Gasteiger partial charge in [-0.2, -0.15) is 0 Å². The number of hydrogen-bond donors (Lipinski definition) is 1. The quantitative estimate of drug-likeness (QED) is 0.493. The Morgan fingerprint density at radius 2 is 1.71 bits per heavy atom. The van der Waals surface area contributed by atoms with Crippen LogP contribution in [-0.2, 0) is 11.8 Å². The van der Waals surface area contributed by atoms with Gasteiger partial charge in [-0.05, 0) is 53.1 Å². The molecule has 4 aromatic rings. The van der Waals surface area contributed by atoms with Gasteiger partial charge in [0.25, 0.3) is 0 Å². The van der Waals surface area contributed by atoms with E-state index in [-0.39, 0.29) is 17.6 Å². The van der Waals surface area contributed by atoms with Crippen molar-refractivity contribution in [3.05, 3.63) is 95.8 Å². The van der Waals surface area contributed by atoms with Gasteiger partial charge in [0.1, 0.15) is 23.4 Å². The molecule has 1 N–H and O–H groups in total. The van der Waals surface area contributed by atoms with Crippen LogP contribution in [0.15, 0.2) is 73.1 Å². The molecule has 0 radical (unpaired) electrons. The van der Waals surface area contributed by atoms with Crippen molar-refractivity contribution in [1.29, 1.82) is 0 Å². The summed E-state index contributed by atoms with van der Waals surface area (Å²) in [4.78, 5) is 17.6. The molecule has 1 heterocycles. The molecule has 0 aliphatic rings. The van der Waals surface area contributed by atoms with Gasteiger partial charge in [-0.3, -0.25) is 4.79 Å². The fourth-order valence-corrected chi connectivity index (χ4v) is 3.66. The normalized spacial score (nSPS) is 13.0. The van der Waals surface area contributed by atoms with Gasteiger partial charge in [0.15, 0.2) is 0 Å². The highest BCUT2D eigenvalue weighted by Crippen LogP contribution is 2.27. The number of aromatic nitrogens is 2. The predicted octanol–water partition coefficient (Wildman–Crippen LogP) is 4.73. The average Bonchev–Trinajstić information content (AvgIpc) is 3.22. The van der Waals surface area contributed by atoms with Gasteiger partial charge < -0.3 is 14.6 Å². The first-order valence-electron chi connectivity index (χ1n) is 10.1. The lowest BCUT2D eigenvalue weighted by Gasteiger charge is -2.22. The molecule has 0 saturated heterocycles. The van der Waals surface area contributed by atoms with E-state index >= 15 is 0 Å². The van der Waals surface area contributed by atoms with Gasteiger partial charge in [-0.15, -0.1) is 0 Å². The molecule has 0 bridgehead atoms. The maximum atomic E-state index is 13.4. The van der Waals surface area contributed by atoms with Crippen LogP contribution in [0.25, 0.3) is 10.8 Å². The minimum Gasteiger partial charge on any atom is -0.497 e. The molecule has 2 atom stereocenters. The summed E-state index contributed by atoms with van der Waals surface area (Å²) in [5, 5.41) is 5.18. The summed E-state index contributed by atoms with van der Waals surface area (Å²) in [6.45, 7) is 1.88. The van der Waals surface area contributed by atoms with Crippen molar-refractivity contribution >= 4 is 16.7 Å². The number of halogens is 1. The van der Waals surface area contributed by atoms with Crippen molar-refractivity contribution in [3.8, 4) is 5.75 Å². The highest BCUT2D eigenvalue weighted by molar-refractivity contribution is 5.88. The standard InChI is InChI=1S/C25H24FN3O2/c1-16(18-4-5-20-15-22(31-3)11-8-19(20)14-18)25(30)28-23(24-27-12-13-29(24)2)17-6-9-21(26)10-7-17/h4-16,23H,1-3H3,(H,28,30)/t16-,23+/m0/s1. The number of aryl methyl sites for hydroxylation is 1. The fourth-order valence-electron chi connectivity index (χ4n) is 3.66. The average molecular weight is 417 g/mol. The smallest absolute Gasteiger partial charge is 0.228 e. The highest BCUT2D eigenvalue weighted by Gasteiger charge is 2.24. The SMILES string of the molecule is COc1ccc2cc([C@H](C)C(=O)N[C@H](c3ccc(F)cc3)c3nccn3C)ccc2c1. The van der Waals surface area contributed by atoms with Crippen LogP contribution < -0.4 is 10.1 Å². The second kappa shape index (κ2) is 8.60. The van der Waals surface area contributed by atoms with Gasteiger partial charge in [-0.1, -0.05) is 36.4 Å². The molecule has 0 aliphatic carbocycles. The minimum absolute atomic E-state index is 0.134. The summed E-state index contributed by atoms with van der Waals surface area (Å²) in [5.41, 5.74) is 1.68. The molecule has 1 amide bonds. The molecule has 0 saturated carbocycles. The Kier molecular flexibility index (Phi) is 5.71. The van der Waals surface area contributed by atoms with Gasteiger partial charge in [0, 0.05) is 19.4 Å². The number of imidazole rings is 1. The first-order chi connectivity index (χ1) is 15.0. The molecule has 0 unspecified atom stereocenters. The summed E-state index contributed by atoms with van der Waals surface area (Å²) < 4.78 is 20.6. The highest BCUT2D eigenvalue weighted by atomic mass is 19.1. The van der Waals surface area contributed by atoms with Crippen LogP contribution in [0.2, 0.25) is 0 Å². The van der Waals surface area contributed by atoms with Crippen molar-refractivity contribution < 1.29 is 13.9 Å². The minimum atomic E-state index is -0.486. The Balaban J connectivity index is 1.61. The molecule has 0 aliphatic heterocycles. The first-order valence-corrected chi connectivity index (χ1v) is 10.1. The number of nitrogens with zero attached hydrogens (tertiary/aromatic N) is 2. The summed E-state index contributed by atoms with van der Waals surface area (Å²) >= 11 is 0. The van der Waals surface area contributed by atoms with E-state index < -0.39 is 6.04 Å². The molecule has 5 nitrogen and oxygen atoms in total. The number of carbonyl (C=O) groups excluding carboxylic acids is 1. The number of hydrogen-bond acceptors (Lipinski definition) is 3. The van der Waals surface area contributed by atoms with E-state index in [1.165, 1.54) is 12.1 Å². The zero-order valence-corrected chi connectivity index (χ0v) is 17.7. The van der Waals surface area contributed by atoms with E-state index in [1.807, 2.05) is 61.1 Å². The Hall–Kier alpha value is -3.67. The van der Waals surface area contributed by atoms with Crippen LogP contribution in [0.3, 0.4) is 0 Å². The number of rotatable bonds is 6. The lowest BCUT2D eigenvalue weighted by Crippen LogP contribution is -2.34.